The Morgan fingerprint density at radius 2 is 1.80 bits per heavy atom. The lowest BCUT2D eigenvalue weighted by atomic mass is 10.1. The van der Waals surface area contributed by atoms with Crippen molar-refractivity contribution in [3.05, 3.63) is 65.0 Å². The van der Waals surface area contributed by atoms with E-state index in [0.29, 0.717) is 12.1 Å². The van der Waals surface area contributed by atoms with E-state index in [1.165, 1.54) is 11.0 Å². The second kappa shape index (κ2) is 6.67. The minimum absolute atomic E-state index is 0.0105. The fourth-order valence-electron chi connectivity index (χ4n) is 2.99. The van der Waals surface area contributed by atoms with E-state index in [0.717, 1.165) is 11.3 Å². The van der Waals surface area contributed by atoms with Crippen LogP contribution in [-0.2, 0) is 4.79 Å². The van der Waals surface area contributed by atoms with E-state index in [-0.39, 0.29) is 30.0 Å². The van der Waals surface area contributed by atoms with Crippen LogP contribution in [0.2, 0.25) is 0 Å². The van der Waals surface area contributed by atoms with Crippen LogP contribution in [0.5, 0.6) is 0 Å². The number of amides is 2. The summed E-state index contributed by atoms with van der Waals surface area (Å²) in [6.07, 6.45) is 0. The van der Waals surface area contributed by atoms with Gasteiger partial charge in [0.2, 0.25) is 5.91 Å². The number of aryl methyl sites for hydroxylation is 2. The number of halogens is 1. The molecule has 1 atom stereocenters. The van der Waals surface area contributed by atoms with Gasteiger partial charge in [-0.15, -0.1) is 0 Å². The highest BCUT2D eigenvalue weighted by Crippen LogP contribution is 2.22. The van der Waals surface area contributed by atoms with Gasteiger partial charge in [-0.25, -0.2) is 4.39 Å². The number of nitrogens with zero attached hydrogens (tertiary/aromatic N) is 2. The van der Waals surface area contributed by atoms with Crippen LogP contribution in [0.4, 0.5) is 10.1 Å². The Bertz CT molecular complexity index is 817. The van der Waals surface area contributed by atoms with Crippen molar-refractivity contribution in [2.24, 2.45) is 0 Å². The molecule has 0 spiro atoms. The Labute approximate surface area is 146 Å². The summed E-state index contributed by atoms with van der Waals surface area (Å²) in [5, 5.41) is 0. The summed E-state index contributed by atoms with van der Waals surface area (Å²) in [7, 11) is 0. The summed E-state index contributed by atoms with van der Waals surface area (Å²) >= 11 is 0. The van der Waals surface area contributed by atoms with Crippen LogP contribution in [0.1, 0.15) is 28.4 Å². The van der Waals surface area contributed by atoms with Crippen molar-refractivity contribution in [1.29, 1.82) is 0 Å². The molecule has 0 saturated carbocycles. The first-order valence-corrected chi connectivity index (χ1v) is 8.31. The molecule has 1 saturated heterocycles. The van der Waals surface area contributed by atoms with Crippen LogP contribution in [0.15, 0.2) is 42.5 Å². The topological polar surface area (TPSA) is 40.6 Å². The third kappa shape index (κ3) is 3.40. The Balaban J connectivity index is 1.79. The highest BCUT2D eigenvalue weighted by molar-refractivity contribution is 6.02. The number of piperazine rings is 1. The van der Waals surface area contributed by atoms with Crippen molar-refractivity contribution in [1.82, 2.24) is 4.90 Å². The first kappa shape index (κ1) is 17.1. The third-order valence-electron chi connectivity index (χ3n) is 4.61. The van der Waals surface area contributed by atoms with E-state index < -0.39 is 5.82 Å². The molecule has 0 aliphatic carbocycles. The molecule has 0 N–H and O–H groups in total. The zero-order valence-electron chi connectivity index (χ0n) is 14.6. The van der Waals surface area contributed by atoms with E-state index in [1.807, 2.05) is 38.1 Å². The Kier molecular flexibility index (Phi) is 4.57. The van der Waals surface area contributed by atoms with Gasteiger partial charge in [-0.05, 0) is 50.6 Å². The summed E-state index contributed by atoms with van der Waals surface area (Å²) in [5.74, 6) is -0.866. The fraction of sp³-hybridized carbons (Fsp3) is 0.300. The molecule has 25 heavy (non-hydrogen) atoms. The average molecular weight is 340 g/mol. The molecule has 0 aromatic heterocycles. The van der Waals surface area contributed by atoms with Crippen molar-refractivity contribution in [3.63, 3.8) is 0 Å². The molecule has 2 aromatic carbocycles. The quantitative estimate of drug-likeness (QED) is 0.841. The van der Waals surface area contributed by atoms with Crippen LogP contribution >= 0.6 is 0 Å². The molecule has 0 bridgehead atoms. The molecule has 130 valence electrons. The molecular formula is C20H21FN2O2. The normalized spacial score (nSPS) is 17.8. The van der Waals surface area contributed by atoms with Gasteiger partial charge in [0.05, 0.1) is 0 Å². The van der Waals surface area contributed by atoms with Crippen molar-refractivity contribution >= 4 is 17.5 Å². The zero-order chi connectivity index (χ0) is 18.1. The monoisotopic (exact) mass is 340 g/mol. The van der Waals surface area contributed by atoms with Gasteiger partial charge in [0.25, 0.3) is 5.91 Å². The first-order chi connectivity index (χ1) is 11.9. The van der Waals surface area contributed by atoms with Crippen LogP contribution in [0.25, 0.3) is 0 Å². The first-order valence-electron chi connectivity index (χ1n) is 8.31. The van der Waals surface area contributed by atoms with Gasteiger partial charge >= 0.3 is 0 Å². The summed E-state index contributed by atoms with van der Waals surface area (Å²) in [6.45, 7) is 5.95. The maximum Gasteiger partial charge on any atom is 0.254 e. The number of benzene rings is 2. The SMILES string of the molecule is Cc1ccc(N2C[C@H](C)N(C(=O)c3ccc(C)c(F)c3)CC2=O)cc1. The summed E-state index contributed by atoms with van der Waals surface area (Å²) in [5.41, 5.74) is 2.71. The number of carbonyl (C=O) groups is 2. The lowest BCUT2D eigenvalue weighted by Gasteiger charge is -2.39. The van der Waals surface area contributed by atoms with E-state index in [4.69, 9.17) is 0 Å². The molecule has 1 aliphatic heterocycles. The molecule has 1 aliphatic rings. The van der Waals surface area contributed by atoms with Crippen molar-refractivity contribution in [2.75, 3.05) is 18.0 Å². The smallest absolute Gasteiger partial charge is 0.254 e. The molecule has 2 aromatic rings. The van der Waals surface area contributed by atoms with Gasteiger partial charge in [0.1, 0.15) is 12.4 Å². The summed E-state index contributed by atoms with van der Waals surface area (Å²) < 4.78 is 13.8. The number of rotatable bonds is 2. The van der Waals surface area contributed by atoms with Gasteiger partial charge in [0, 0.05) is 23.8 Å². The lowest BCUT2D eigenvalue weighted by molar-refractivity contribution is -0.121. The standard InChI is InChI=1S/C20H21FN2O2/c1-13-4-8-17(9-5-13)23-11-15(3)22(12-19(23)24)20(25)16-7-6-14(2)18(21)10-16/h4-10,15H,11-12H2,1-3H3/t15-/m0/s1. The highest BCUT2D eigenvalue weighted by Gasteiger charge is 2.33. The van der Waals surface area contributed by atoms with Gasteiger partial charge in [0.15, 0.2) is 0 Å². The van der Waals surface area contributed by atoms with Crippen LogP contribution in [0, 0.1) is 19.7 Å². The fourth-order valence-corrected chi connectivity index (χ4v) is 2.99. The number of hydrogen-bond acceptors (Lipinski definition) is 2. The van der Waals surface area contributed by atoms with Gasteiger partial charge in [-0.3, -0.25) is 9.59 Å². The second-order valence-corrected chi connectivity index (χ2v) is 6.59. The molecule has 1 heterocycles. The van der Waals surface area contributed by atoms with Crippen molar-refractivity contribution in [2.45, 2.75) is 26.8 Å². The molecule has 3 rings (SSSR count). The van der Waals surface area contributed by atoms with E-state index in [1.54, 1.807) is 24.0 Å². The highest BCUT2D eigenvalue weighted by atomic mass is 19.1. The van der Waals surface area contributed by atoms with Crippen molar-refractivity contribution in [3.8, 4) is 0 Å². The average Bonchev–Trinajstić information content (AvgIpc) is 2.59. The molecule has 5 heteroatoms. The zero-order valence-corrected chi connectivity index (χ0v) is 14.6. The van der Waals surface area contributed by atoms with Crippen LogP contribution in [0.3, 0.4) is 0 Å². The number of hydrogen-bond donors (Lipinski definition) is 0. The van der Waals surface area contributed by atoms with E-state index in [9.17, 15) is 14.0 Å². The Morgan fingerprint density at radius 3 is 2.44 bits per heavy atom. The van der Waals surface area contributed by atoms with Gasteiger partial charge < -0.3 is 9.80 Å². The van der Waals surface area contributed by atoms with Gasteiger partial charge in [-0.1, -0.05) is 23.8 Å². The van der Waals surface area contributed by atoms with Crippen LogP contribution in [-0.4, -0.2) is 35.8 Å². The molecular weight excluding hydrogens is 319 g/mol. The van der Waals surface area contributed by atoms with Gasteiger partial charge in [-0.2, -0.15) is 0 Å². The second-order valence-electron chi connectivity index (χ2n) is 6.59. The third-order valence-corrected chi connectivity index (χ3v) is 4.61. The number of carbonyl (C=O) groups excluding carboxylic acids is 2. The predicted molar refractivity (Wildman–Crippen MR) is 95.2 cm³/mol. The summed E-state index contributed by atoms with van der Waals surface area (Å²) in [6, 6.07) is 12.0. The molecule has 0 unspecified atom stereocenters. The van der Waals surface area contributed by atoms with Crippen molar-refractivity contribution < 1.29 is 14.0 Å². The molecule has 4 nitrogen and oxygen atoms in total. The Hall–Kier alpha value is -2.69. The van der Waals surface area contributed by atoms with Crippen LogP contribution < -0.4 is 4.90 Å². The van der Waals surface area contributed by atoms with E-state index >= 15 is 0 Å². The molecule has 1 fully saturated rings. The molecule has 0 radical (unpaired) electrons. The molecule has 2 amide bonds. The predicted octanol–water partition coefficient (Wildman–Crippen LogP) is 3.32. The Morgan fingerprint density at radius 1 is 1.12 bits per heavy atom. The maximum absolute atomic E-state index is 13.8. The number of anilines is 1. The lowest BCUT2D eigenvalue weighted by Crippen LogP contribution is -2.57. The maximum atomic E-state index is 13.8. The minimum atomic E-state index is -0.414. The minimum Gasteiger partial charge on any atom is -0.325 e. The largest absolute Gasteiger partial charge is 0.325 e. The van der Waals surface area contributed by atoms with E-state index in [2.05, 4.69) is 0 Å². The summed E-state index contributed by atoms with van der Waals surface area (Å²) in [4.78, 5) is 28.5.